The summed E-state index contributed by atoms with van der Waals surface area (Å²) in [7, 11) is 0. The standard InChI is InChI=1S/C20H25N5O3/c1-14-2-4-15(5-3-14)17(25-8-10-28-11-9-25)13-23-19(26)20(27)24-16-6-7-18(21)22-12-16/h2-7,12,17H,8-11,13H2,1H3,(H2,21,22)(H,23,26)(H,24,27). The van der Waals surface area contributed by atoms with Crippen LogP contribution in [-0.4, -0.2) is 54.5 Å². The molecule has 1 aliphatic rings. The Morgan fingerprint density at radius 2 is 1.86 bits per heavy atom. The number of aryl methyl sites for hydroxylation is 1. The Morgan fingerprint density at radius 1 is 1.14 bits per heavy atom. The van der Waals surface area contributed by atoms with Crippen LogP contribution in [-0.2, 0) is 14.3 Å². The maximum atomic E-state index is 12.3. The highest BCUT2D eigenvalue weighted by atomic mass is 16.5. The number of anilines is 2. The predicted molar refractivity (Wildman–Crippen MR) is 107 cm³/mol. The molecule has 0 bridgehead atoms. The van der Waals surface area contributed by atoms with E-state index in [4.69, 9.17) is 10.5 Å². The average Bonchev–Trinajstić information content (AvgIpc) is 2.71. The highest BCUT2D eigenvalue weighted by Crippen LogP contribution is 2.21. The minimum absolute atomic E-state index is 0.0283. The monoisotopic (exact) mass is 383 g/mol. The van der Waals surface area contributed by atoms with E-state index in [1.165, 1.54) is 11.8 Å². The van der Waals surface area contributed by atoms with Crippen molar-refractivity contribution < 1.29 is 14.3 Å². The van der Waals surface area contributed by atoms with Crippen LogP contribution in [0.15, 0.2) is 42.6 Å². The van der Waals surface area contributed by atoms with E-state index in [0.717, 1.165) is 18.7 Å². The highest BCUT2D eigenvalue weighted by Gasteiger charge is 2.24. The van der Waals surface area contributed by atoms with E-state index in [-0.39, 0.29) is 6.04 Å². The topological polar surface area (TPSA) is 110 Å². The number of ether oxygens (including phenoxy) is 1. The van der Waals surface area contributed by atoms with Crippen LogP contribution in [0.1, 0.15) is 17.2 Å². The fourth-order valence-electron chi connectivity index (χ4n) is 3.07. The minimum atomic E-state index is -0.740. The summed E-state index contributed by atoms with van der Waals surface area (Å²) in [5.41, 5.74) is 8.20. The zero-order chi connectivity index (χ0) is 19.9. The van der Waals surface area contributed by atoms with Crippen molar-refractivity contribution in [3.05, 3.63) is 53.7 Å². The third-order valence-electron chi connectivity index (χ3n) is 4.65. The third kappa shape index (κ3) is 5.28. The summed E-state index contributed by atoms with van der Waals surface area (Å²) in [5.74, 6) is -1.09. The molecular formula is C20H25N5O3. The SMILES string of the molecule is Cc1ccc(C(CNC(=O)C(=O)Nc2ccc(N)nc2)N2CCOCC2)cc1. The van der Waals surface area contributed by atoms with Gasteiger partial charge < -0.3 is 21.1 Å². The molecule has 8 heteroatoms. The Balaban J connectivity index is 1.63. The van der Waals surface area contributed by atoms with Gasteiger partial charge in [0.25, 0.3) is 0 Å². The Bertz CT molecular complexity index is 802. The zero-order valence-electron chi connectivity index (χ0n) is 15.9. The summed E-state index contributed by atoms with van der Waals surface area (Å²) in [6.07, 6.45) is 1.41. The second-order valence-corrected chi connectivity index (χ2v) is 6.71. The number of morpholine rings is 1. The number of hydrogen-bond acceptors (Lipinski definition) is 6. The molecule has 1 aromatic heterocycles. The molecule has 0 saturated carbocycles. The number of rotatable bonds is 5. The second-order valence-electron chi connectivity index (χ2n) is 6.71. The van der Waals surface area contributed by atoms with Crippen molar-refractivity contribution in [2.45, 2.75) is 13.0 Å². The average molecular weight is 383 g/mol. The Kier molecular flexibility index (Phi) is 6.57. The molecule has 1 fully saturated rings. The predicted octanol–water partition coefficient (Wildman–Crippen LogP) is 1.10. The molecule has 0 aliphatic carbocycles. The molecule has 0 radical (unpaired) electrons. The van der Waals surface area contributed by atoms with Gasteiger partial charge in [-0.05, 0) is 24.6 Å². The molecule has 2 amide bonds. The number of nitrogens with one attached hydrogen (secondary N) is 2. The second kappa shape index (κ2) is 9.29. The molecular weight excluding hydrogens is 358 g/mol. The van der Waals surface area contributed by atoms with Crippen molar-refractivity contribution in [3.8, 4) is 0 Å². The number of benzene rings is 1. The van der Waals surface area contributed by atoms with E-state index in [0.29, 0.717) is 31.3 Å². The lowest BCUT2D eigenvalue weighted by Gasteiger charge is -2.35. The number of aromatic nitrogens is 1. The number of amides is 2. The first-order chi connectivity index (χ1) is 13.5. The number of carbonyl (C=O) groups excluding carboxylic acids is 2. The summed E-state index contributed by atoms with van der Waals surface area (Å²) in [5, 5.41) is 5.26. The van der Waals surface area contributed by atoms with Crippen LogP contribution in [0.25, 0.3) is 0 Å². The lowest BCUT2D eigenvalue weighted by Crippen LogP contribution is -2.45. The molecule has 0 spiro atoms. The number of nitrogens with two attached hydrogens (primary N) is 1. The van der Waals surface area contributed by atoms with E-state index in [1.54, 1.807) is 12.1 Å². The van der Waals surface area contributed by atoms with Crippen molar-refractivity contribution in [1.82, 2.24) is 15.2 Å². The normalized spacial score (nSPS) is 15.6. The summed E-state index contributed by atoms with van der Waals surface area (Å²) in [4.78, 5) is 30.6. The molecule has 1 saturated heterocycles. The van der Waals surface area contributed by atoms with Crippen LogP contribution in [0.4, 0.5) is 11.5 Å². The lowest BCUT2D eigenvalue weighted by atomic mass is 10.0. The van der Waals surface area contributed by atoms with Crippen LogP contribution < -0.4 is 16.4 Å². The zero-order valence-corrected chi connectivity index (χ0v) is 15.9. The Morgan fingerprint density at radius 3 is 2.50 bits per heavy atom. The van der Waals surface area contributed by atoms with E-state index < -0.39 is 11.8 Å². The van der Waals surface area contributed by atoms with Gasteiger partial charge in [0.05, 0.1) is 31.1 Å². The summed E-state index contributed by atoms with van der Waals surface area (Å²) in [6.45, 7) is 5.22. The molecule has 1 unspecified atom stereocenters. The van der Waals surface area contributed by atoms with Gasteiger partial charge in [-0.1, -0.05) is 29.8 Å². The highest BCUT2D eigenvalue weighted by molar-refractivity contribution is 6.39. The van der Waals surface area contributed by atoms with Crippen molar-refractivity contribution >= 4 is 23.3 Å². The molecule has 28 heavy (non-hydrogen) atoms. The molecule has 4 N–H and O–H groups in total. The van der Waals surface area contributed by atoms with Gasteiger partial charge in [0, 0.05) is 19.6 Å². The quantitative estimate of drug-likeness (QED) is 0.667. The van der Waals surface area contributed by atoms with Crippen molar-refractivity contribution in [3.63, 3.8) is 0 Å². The summed E-state index contributed by atoms with van der Waals surface area (Å²) < 4.78 is 5.44. The van der Waals surface area contributed by atoms with E-state index in [1.807, 2.05) is 19.1 Å². The van der Waals surface area contributed by atoms with Gasteiger partial charge >= 0.3 is 11.8 Å². The Labute approximate surface area is 164 Å². The van der Waals surface area contributed by atoms with Gasteiger partial charge in [-0.15, -0.1) is 0 Å². The van der Waals surface area contributed by atoms with Crippen LogP contribution in [0, 0.1) is 6.92 Å². The number of hydrogen-bond donors (Lipinski definition) is 3. The number of carbonyl (C=O) groups is 2. The van der Waals surface area contributed by atoms with Gasteiger partial charge in [-0.25, -0.2) is 4.98 Å². The van der Waals surface area contributed by atoms with E-state index in [2.05, 4.69) is 32.7 Å². The smallest absolute Gasteiger partial charge is 0.313 e. The first-order valence-electron chi connectivity index (χ1n) is 9.22. The fraction of sp³-hybridized carbons (Fsp3) is 0.350. The van der Waals surface area contributed by atoms with Gasteiger partial charge in [-0.3, -0.25) is 14.5 Å². The van der Waals surface area contributed by atoms with Gasteiger partial charge in [0.15, 0.2) is 0 Å². The third-order valence-corrected chi connectivity index (χ3v) is 4.65. The van der Waals surface area contributed by atoms with Crippen molar-refractivity contribution in [2.75, 3.05) is 43.9 Å². The van der Waals surface area contributed by atoms with Gasteiger partial charge in [0.2, 0.25) is 0 Å². The van der Waals surface area contributed by atoms with Crippen LogP contribution in [0.5, 0.6) is 0 Å². The maximum Gasteiger partial charge on any atom is 0.313 e. The fourth-order valence-corrected chi connectivity index (χ4v) is 3.07. The van der Waals surface area contributed by atoms with Crippen LogP contribution in [0.2, 0.25) is 0 Å². The summed E-state index contributed by atoms with van der Waals surface area (Å²) in [6, 6.07) is 11.3. The molecule has 148 valence electrons. The van der Waals surface area contributed by atoms with E-state index >= 15 is 0 Å². The molecule has 8 nitrogen and oxygen atoms in total. The van der Waals surface area contributed by atoms with Gasteiger partial charge in [0.1, 0.15) is 5.82 Å². The molecule has 2 aromatic rings. The minimum Gasteiger partial charge on any atom is -0.384 e. The number of pyridine rings is 1. The van der Waals surface area contributed by atoms with Crippen LogP contribution in [0.3, 0.4) is 0 Å². The van der Waals surface area contributed by atoms with Crippen molar-refractivity contribution in [1.29, 1.82) is 0 Å². The first kappa shape index (κ1) is 19.8. The molecule has 1 atom stereocenters. The van der Waals surface area contributed by atoms with E-state index in [9.17, 15) is 9.59 Å². The summed E-state index contributed by atoms with van der Waals surface area (Å²) >= 11 is 0. The van der Waals surface area contributed by atoms with Crippen molar-refractivity contribution in [2.24, 2.45) is 0 Å². The maximum absolute atomic E-state index is 12.3. The molecule has 3 rings (SSSR count). The van der Waals surface area contributed by atoms with Gasteiger partial charge in [-0.2, -0.15) is 0 Å². The lowest BCUT2D eigenvalue weighted by molar-refractivity contribution is -0.136. The molecule has 1 aromatic carbocycles. The largest absolute Gasteiger partial charge is 0.384 e. The first-order valence-corrected chi connectivity index (χ1v) is 9.22. The molecule has 1 aliphatic heterocycles. The number of nitrogens with zero attached hydrogens (tertiary/aromatic N) is 2. The molecule has 2 heterocycles. The van der Waals surface area contributed by atoms with Crippen LogP contribution >= 0.6 is 0 Å². The number of nitrogen functional groups attached to an aromatic ring is 1. The Hall–Kier alpha value is -2.97.